The van der Waals surface area contributed by atoms with Crippen molar-refractivity contribution in [2.75, 3.05) is 47.1 Å². The third kappa shape index (κ3) is 11.7. The van der Waals surface area contributed by atoms with Crippen LogP contribution in [0.25, 0.3) is 0 Å². The zero-order chi connectivity index (χ0) is 37.7. The number of likely N-dealkylation sites (tertiary alicyclic amines) is 1. The van der Waals surface area contributed by atoms with Crippen LogP contribution in [0.2, 0.25) is 5.02 Å². The van der Waals surface area contributed by atoms with Gasteiger partial charge < -0.3 is 28.6 Å². The lowest BCUT2D eigenvalue weighted by Gasteiger charge is -2.29. The Kier molecular flexibility index (Phi) is 15.0. The molecular formula is C40H48ClFN3O7S+. The average molecular weight is 769 g/mol. The smallest absolute Gasteiger partial charge is 0.348 e. The van der Waals surface area contributed by atoms with Crippen LogP contribution in [-0.4, -0.2) is 70.3 Å². The standard InChI is InChI=1S/C40H47ClFN3O7S/c1-26-22-43-24-33(41)32(26)21-35(30-10-12-34(51-27(2)42)36(20-30)49-19-18-48-4)52-39(46)37-13-11-31(53-37)23-44-38(29-8-6-5-7-9-29)40(47)50-25-28-14-16-45(3)17-15-28/h5-13,20,22,24,27-28,35,38,44H,14-19,21,23,25H2,1-4H3/p+1/t27?,35-,38?/m0/s1. The highest BCUT2D eigenvalue weighted by Gasteiger charge is 2.27. The fourth-order valence-electron chi connectivity index (χ4n) is 6.09. The highest BCUT2D eigenvalue weighted by Crippen LogP contribution is 2.36. The average Bonchev–Trinajstić information content (AvgIpc) is 3.63. The van der Waals surface area contributed by atoms with E-state index in [0.717, 1.165) is 47.5 Å². The summed E-state index contributed by atoms with van der Waals surface area (Å²) in [5, 5.41) is 3.85. The van der Waals surface area contributed by atoms with E-state index in [1.807, 2.05) is 49.5 Å². The van der Waals surface area contributed by atoms with E-state index in [-0.39, 0.29) is 30.5 Å². The lowest BCUT2D eigenvalue weighted by atomic mass is 9.98. The van der Waals surface area contributed by atoms with E-state index < -0.39 is 24.5 Å². The maximum Gasteiger partial charge on any atom is 0.348 e. The molecule has 0 amide bonds. The van der Waals surface area contributed by atoms with Crippen LogP contribution >= 0.6 is 22.9 Å². The van der Waals surface area contributed by atoms with Gasteiger partial charge in [0.05, 0.1) is 13.2 Å². The number of H-pyrrole nitrogens is 1. The maximum atomic E-state index is 13.9. The van der Waals surface area contributed by atoms with Crippen LogP contribution < -0.4 is 19.8 Å². The van der Waals surface area contributed by atoms with E-state index in [9.17, 15) is 14.0 Å². The van der Waals surface area contributed by atoms with Crippen molar-refractivity contribution < 1.29 is 42.6 Å². The predicted molar refractivity (Wildman–Crippen MR) is 201 cm³/mol. The number of hydrogen-bond donors (Lipinski definition) is 1. The van der Waals surface area contributed by atoms with E-state index in [4.69, 9.17) is 35.3 Å². The van der Waals surface area contributed by atoms with Gasteiger partial charge in [-0.2, -0.15) is 0 Å². The first-order chi connectivity index (χ1) is 25.6. The molecule has 5 rings (SSSR count). The van der Waals surface area contributed by atoms with E-state index >= 15 is 0 Å². The third-order valence-corrected chi connectivity index (χ3v) is 10.5. The molecule has 53 heavy (non-hydrogen) atoms. The van der Waals surface area contributed by atoms with Crippen LogP contribution in [0.5, 0.6) is 11.5 Å². The number of thiophene rings is 1. The van der Waals surface area contributed by atoms with Crippen LogP contribution in [0.15, 0.2) is 73.1 Å². The number of piperidine rings is 1. The minimum absolute atomic E-state index is 0.202. The topological polar surface area (TPSA) is 110 Å². The van der Waals surface area contributed by atoms with Gasteiger partial charge in [0.1, 0.15) is 28.7 Å². The summed E-state index contributed by atoms with van der Waals surface area (Å²) in [6.45, 7) is 6.43. The fourth-order valence-corrected chi connectivity index (χ4v) is 7.22. The third-order valence-electron chi connectivity index (χ3n) is 9.10. The van der Waals surface area contributed by atoms with Crippen LogP contribution in [0.4, 0.5) is 4.39 Å². The number of rotatable bonds is 18. The number of nitrogens with zero attached hydrogens (tertiary/aromatic N) is 1. The zero-order valence-corrected chi connectivity index (χ0v) is 32.1. The lowest BCUT2D eigenvalue weighted by molar-refractivity contribution is -0.378. The minimum Gasteiger partial charge on any atom is -0.487 e. The summed E-state index contributed by atoms with van der Waals surface area (Å²) in [6.07, 6.45) is 3.41. The number of aryl methyl sites for hydroxylation is 1. The van der Waals surface area contributed by atoms with Crippen molar-refractivity contribution in [2.45, 2.75) is 58.2 Å². The number of carbonyl (C=O) groups is 2. The van der Waals surface area contributed by atoms with Gasteiger partial charge in [-0.3, -0.25) is 5.32 Å². The van der Waals surface area contributed by atoms with E-state index in [0.29, 0.717) is 41.1 Å². The summed E-state index contributed by atoms with van der Waals surface area (Å²) < 4.78 is 42.2. The molecule has 1 aliphatic heterocycles. The molecule has 10 nitrogen and oxygen atoms in total. The summed E-state index contributed by atoms with van der Waals surface area (Å²) in [4.78, 5) is 33.7. The molecule has 1 saturated heterocycles. The highest BCUT2D eigenvalue weighted by atomic mass is 35.5. The first kappa shape index (κ1) is 40.1. The van der Waals surface area contributed by atoms with E-state index in [2.05, 4.69) is 22.2 Å². The van der Waals surface area contributed by atoms with Crippen molar-refractivity contribution in [3.8, 4) is 11.5 Å². The Balaban J connectivity index is 1.31. The Morgan fingerprint density at radius 2 is 1.81 bits per heavy atom. The number of carbonyl (C=O) groups excluding carboxylic acids is 2. The lowest BCUT2D eigenvalue weighted by Crippen LogP contribution is -2.34. The molecule has 13 heteroatoms. The summed E-state index contributed by atoms with van der Waals surface area (Å²) in [5.74, 6) is -0.00915. The molecule has 2 N–H and O–H groups in total. The van der Waals surface area contributed by atoms with Gasteiger partial charge in [-0.1, -0.05) is 48.0 Å². The normalized spacial score (nSPS) is 15.4. The number of pyridine rings is 1. The molecule has 0 aliphatic carbocycles. The van der Waals surface area contributed by atoms with Crippen molar-refractivity contribution in [1.82, 2.24) is 10.2 Å². The van der Waals surface area contributed by atoms with Crippen LogP contribution in [0, 0.1) is 12.8 Å². The van der Waals surface area contributed by atoms with Gasteiger partial charge in [-0.25, -0.2) is 19.0 Å². The van der Waals surface area contributed by atoms with Gasteiger partial charge in [-0.05, 0) is 86.8 Å². The van der Waals surface area contributed by atoms with Crippen LogP contribution in [0.1, 0.15) is 68.7 Å². The first-order valence-electron chi connectivity index (χ1n) is 17.8. The Hall–Kier alpha value is -4.07. The van der Waals surface area contributed by atoms with Gasteiger partial charge in [0.25, 0.3) is 0 Å². The minimum atomic E-state index is -1.57. The quantitative estimate of drug-likeness (QED) is 0.0838. The summed E-state index contributed by atoms with van der Waals surface area (Å²) in [7, 11) is 3.66. The van der Waals surface area contributed by atoms with Crippen LogP contribution in [-0.2, 0) is 32.0 Å². The SMILES string of the molecule is COCCOc1cc([C@H](Cc2c(C)c[nH+]cc2Cl)OC(=O)c2ccc(CNC(C(=O)OCC3CCN(C)CC3)c3ccccc3)s2)ccc1OC(C)F. The first-order valence-corrected chi connectivity index (χ1v) is 18.9. The summed E-state index contributed by atoms with van der Waals surface area (Å²) >= 11 is 7.87. The molecule has 284 valence electrons. The molecule has 1 fully saturated rings. The monoisotopic (exact) mass is 768 g/mol. The van der Waals surface area contributed by atoms with E-state index in [1.165, 1.54) is 18.3 Å². The molecule has 2 aromatic carbocycles. The maximum absolute atomic E-state index is 13.9. The Labute approximate surface area is 319 Å². The number of hydrogen-bond acceptors (Lipinski definition) is 10. The number of ether oxygens (including phenoxy) is 5. The summed E-state index contributed by atoms with van der Waals surface area (Å²) in [5.41, 5.74) is 3.10. The molecule has 4 aromatic rings. The predicted octanol–water partition coefficient (Wildman–Crippen LogP) is 7.10. The second-order valence-corrected chi connectivity index (χ2v) is 14.7. The molecular weight excluding hydrogens is 721 g/mol. The molecule has 3 atom stereocenters. The van der Waals surface area contributed by atoms with Crippen molar-refractivity contribution in [3.05, 3.63) is 110 Å². The molecule has 2 unspecified atom stereocenters. The Bertz CT molecular complexity index is 1760. The highest BCUT2D eigenvalue weighted by molar-refractivity contribution is 7.13. The fraction of sp³-hybridized carbons (Fsp3) is 0.425. The number of halogens is 2. The van der Waals surface area contributed by atoms with Gasteiger partial charge in [0.2, 0.25) is 6.36 Å². The number of esters is 2. The number of benzene rings is 2. The largest absolute Gasteiger partial charge is 0.487 e. The Morgan fingerprint density at radius 1 is 1.04 bits per heavy atom. The van der Waals surface area contributed by atoms with Gasteiger partial charge in [-0.15, -0.1) is 11.3 Å². The Morgan fingerprint density at radius 3 is 2.53 bits per heavy atom. The van der Waals surface area contributed by atoms with E-state index in [1.54, 1.807) is 37.6 Å². The van der Waals surface area contributed by atoms with Gasteiger partial charge in [0.15, 0.2) is 23.9 Å². The molecule has 3 heterocycles. The van der Waals surface area contributed by atoms with Gasteiger partial charge >= 0.3 is 11.9 Å². The van der Waals surface area contributed by atoms with Crippen LogP contribution in [0.3, 0.4) is 0 Å². The number of aromatic nitrogens is 1. The zero-order valence-electron chi connectivity index (χ0n) is 30.6. The van der Waals surface area contributed by atoms with Crippen molar-refractivity contribution in [1.29, 1.82) is 0 Å². The molecule has 0 radical (unpaired) electrons. The number of methoxy groups -OCH3 is 1. The van der Waals surface area contributed by atoms with Crippen molar-refractivity contribution in [2.24, 2.45) is 5.92 Å². The molecule has 0 bridgehead atoms. The summed E-state index contributed by atoms with van der Waals surface area (Å²) in [6, 6.07) is 17.4. The molecule has 0 saturated carbocycles. The molecule has 0 spiro atoms. The second kappa shape index (κ2) is 19.8. The second-order valence-electron chi connectivity index (χ2n) is 13.1. The molecule has 1 aliphatic rings. The molecule has 2 aromatic heterocycles. The number of alkyl halides is 1. The van der Waals surface area contributed by atoms with Crippen molar-refractivity contribution in [3.63, 3.8) is 0 Å². The van der Waals surface area contributed by atoms with Gasteiger partial charge in [0, 0.05) is 37.4 Å². The number of nitrogens with one attached hydrogen (secondary N) is 2. The number of aromatic amines is 1. The van der Waals surface area contributed by atoms with Crippen molar-refractivity contribution >= 4 is 34.9 Å².